The largest absolute Gasteiger partial charge is 0.467 e. The Balaban J connectivity index is 1.25. The summed E-state index contributed by atoms with van der Waals surface area (Å²) in [6.45, 7) is 1.68. The number of benzene rings is 2. The van der Waals surface area contributed by atoms with Crippen molar-refractivity contribution >= 4 is 27.6 Å². The van der Waals surface area contributed by atoms with E-state index in [0.29, 0.717) is 24.8 Å². The Morgan fingerprint density at radius 3 is 2.67 bits per heavy atom. The predicted octanol–water partition coefficient (Wildman–Crippen LogP) is 4.19. The monoisotopic (exact) mass is 385 g/mol. The van der Waals surface area contributed by atoms with E-state index < -0.39 is 0 Å². The van der Waals surface area contributed by atoms with Crippen molar-refractivity contribution < 1.29 is 13.9 Å². The number of piperidine rings is 1. The van der Waals surface area contributed by atoms with E-state index in [1.165, 1.54) is 12.1 Å². The Morgan fingerprint density at radius 1 is 1.19 bits per heavy atom. The van der Waals surface area contributed by atoms with Crippen LogP contribution in [0.4, 0.5) is 9.18 Å². The minimum atomic E-state index is -0.278. The molecule has 4 rings (SSSR count). The number of urea groups is 1. The Kier molecular flexibility index (Phi) is 5.20. The summed E-state index contributed by atoms with van der Waals surface area (Å²) in [6.07, 6.45) is 1.63. The van der Waals surface area contributed by atoms with Crippen LogP contribution in [0.1, 0.15) is 18.4 Å². The van der Waals surface area contributed by atoms with Crippen LogP contribution in [0.25, 0.3) is 10.2 Å². The highest BCUT2D eigenvalue weighted by Gasteiger charge is 2.24. The fourth-order valence-corrected chi connectivity index (χ4v) is 3.99. The number of thiazole rings is 1. The van der Waals surface area contributed by atoms with Crippen LogP contribution < -0.4 is 10.1 Å². The van der Waals surface area contributed by atoms with E-state index >= 15 is 0 Å². The molecule has 0 bridgehead atoms. The van der Waals surface area contributed by atoms with Crippen LogP contribution in [0.3, 0.4) is 0 Å². The van der Waals surface area contributed by atoms with Crippen LogP contribution in [0.5, 0.6) is 5.19 Å². The Labute approximate surface area is 160 Å². The summed E-state index contributed by atoms with van der Waals surface area (Å²) in [5, 5.41) is 3.57. The number of nitrogens with one attached hydrogen (secondary N) is 1. The molecule has 1 saturated heterocycles. The van der Waals surface area contributed by atoms with E-state index in [4.69, 9.17) is 4.74 Å². The maximum Gasteiger partial charge on any atom is 0.317 e. The summed E-state index contributed by atoms with van der Waals surface area (Å²) in [6, 6.07) is 14.0. The smallest absolute Gasteiger partial charge is 0.317 e. The van der Waals surface area contributed by atoms with E-state index in [1.807, 2.05) is 24.3 Å². The average molecular weight is 385 g/mol. The van der Waals surface area contributed by atoms with Crippen molar-refractivity contribution in [2.45, 2.75) is 25.5 Å². The summed E-state index contributed by atoms with van der Waals surface area (Å²) in [7, 11) is 0. The molecule has 0 aliphatic carbocycles. The van der Waals surface area contributed by atoms with Gasteiger partial charge >= 0.3 is 6.03 Å². The molecule has 0 saturated carbocycles. The molecule has 0 unspecified atom stereocenters. The number of halogens is 1. The summed E-state index contributed by atoms with van der Waals surface area (Å²) in [4.78, 5) is 18.6. The maximum absolute atomic E-state index is 12.9. The molecular formula is C20H20FN3O2S. The first-order valence-electron chi connectivity index (χ1n) is 8.97. The molecule has 1 fully saturated rings. The standard InChI is InChI=1S/C20H20FN3O2S/c21-15-7-5-14(6-8-15)13-22-19(25)24-11-9-16(10-12-24)26-20-23-17-3-1-2-4-18(17)27-20/h1-8,16H,9-13H2,(H,22,25). The number of fused-ring (bicyclic) bond motifs is 1. The van der Waals surface area contributed by atoms with Gasteiger partial charge in [-0.25, -0.2) is 14.2 Å². The van der Waals surface area contributed by atoms with Gasteiger partial charge < -0.3 is 15.0 Å². The maximum atomic E-state index is 12.9. The van der Waals surface area contributed by atoms with Gasteiger partial charge in [0.05, 0.1) is 10.2 Å². The fourth-order valence-electron chi connectivity index (χ4n) is 3.11. The third-order valence-corrected chi connectivity index (χ3v) is 5.56. The summed E-state index contributed by atoms with van der Waals surface area (Å²) in [5.41, 5.74) is 1.83. The molecule has 2 amide bonds. The number of carbonyl (C=O) groups excluding carboxylic acids is 1. The highest BCUT2D eigenvalue weighted by Crippen LogP contribution is 2.29. The lowest BCUT2D eigenvalue weighted by atomic mass is 10.1. The van der Waals surface area contributed by atoms with Gasteiger partial charge in [0.1, 0.15) is 11.9 Å². The van der Waals surface area contributed by atoms with Gasteiger partial charge in [-0.3, -0.25) is 0 Å². The lowest BCUT2D eigenvalue weighted by molar-refractivity contribution is 0.111. The normalized spacial score (nSPS) is 15.1. The van der Waals surface area contributed by atoms with Crippen LogP contribution in [0.15, 0.2) is 48.5 Å². The molecule has 1 N–H and O–H groups in total. The van der Waals surface area contributed by atoms with Crippen molar-refractivity contribution in [1.29, 1.82) is 0 Å². The van der Waals surface area contributed by atoms with Crippen molar-refractivity contribution in [3.05, 3.63) is 59.9 Å². The van der Waals surface area contributed by atoms with Crippen LogP contribution in [0.2, 0.25) is 0 Å². The third-order valence-electron chi connectivity index (χ3n) is 4.63. The number of ether oxygens (including phenoxy) is 1. The first-order chi connectivity index (χ1) is 13.2. The van der Waals surface area contributed by atoms with Gasteiger partial charge in [-0.2, -0.15) is 0 Å². The molecular weight excluding hydrogens is 365 g/mol. The summed E-state index contributed by atoms with van der Waals surface area (Å²) in [5.74, 6) is -0.278. The van der Waals surface area contributed by atoms with Crippen molar-refractivity contribution in [2.24, 2.45) is 0 Å². The zero-order valence-corrected chi connectivity index (χ0v) is 15.5. The van der Waals surface area contributed by atoms with E-state index in [0.717, 1.165) is 28.6 Å². The Morgan fingerprint density at radius 2 is 1.93 bits per heavy atom. The zero-order chi connectivity index (χ0) is 18.6. The highest BCUT2D eigenvalue weighted by molar-refractivity contribution is 7.20. The summed E-state index contributed by atoms with van der Waals surface area (Å²) >= 11 is 1.55. The van der Waals surface area contributed by atoms with Crippen molar-refractivity contribution in [3.8, 4) is 5.19 Å². The number of para-hydroxylation sites is 1. The van der Waals surface area contributed by atoms with Crippen LogP contribution in [0, 0.1) is 5.82 Å². The van der Waals surface area contributed by atoms with Gasteiger partial charge in [0.2, 0.25) is 0 Å². The molecule has 5 nitrogen and oxygen atoms in total. The SMILES string of the molecule is O=C(NCc1ccc(F)cc1)N1CCC(Oc2nc3ccccc3s2)CC1. The number of carbonyl (C=O) groups is 1. The molecule has 0 radical (unpaired) electrons. The molecule has 1 aliphatic rings. The number of rotatable bonds is 4. The first kappa shape index (κ1) is 17.7. The highest BCUT2D eigenvalue weighted by atomic mass is 32.1. The van der Waals surface area contributed by atoms with Crippen molar-refractivity contribution in [2.75, 3.05) is 13.1 Å². The molecule has 140 valence electrons. The van der Waals surface area contributed by atoms with E-state index in [9.17, 15) is 9.18 Å². The minimum absolute atomic E-state index is 0.0757. The molecule has 2 heterocycles. The van der Waals surface area contributed by atoms with Crippen LogP contribution >= 0.6 is 11.3 Å². The third kappa shape index (κ3) is 4.36. The first-order valence-corrected chi connectivity index (χ1v) is 9.78. The van der Waals surface area contributed by atoms with Crippen LogP contribution in [-0.2, 0) is 6.54 Å². The molecule has 0 atom stereocenters. The van der Waals surface area contributed by atoms with Gasteiger partial charge in [-0.05, 0) is 29.8 Å². The number of hydrogen-bond donors (Lipinski definition) is 1. The van der Waals surface area contributed by atoms with Gasteiger partial charge in [-0.1, -0.05) is 35.6 Å². The average Bonchev–Trinajstić information content (AvgIpc) is 3.10. The second-order valence-electron chi connectivity index (χ2n) is 6.54. The van der Waals surface area contributed by atoms with Crippen LogP contribution in [-0.4, -0.2) is 35.1 Å². The second-order valence-corrected chi connectivity index (χ2v) is 7.53. The van der Waals surface area contributed by atoms with E-state index in [2.05, 4.69) is 10.3 Å². The quantitative estimate of drug-likeness (QED) is 0.733. The number of amides is 2. The van der Waals surface area contributed by atoms with Gasteiger partial charge in [0.25, 0.3) is 5.19 Å². The molecule has 7 heteroatoms. The molecule has 27 heavy (non-hydrogen) atoms. The van der Waals surface area contributed by atoms with E-state index in [-0.39, 0.29) is 18.0 Å². The zero-order valence-electron chi connectivity index (χ0n) is 14.7. The number of likely N-dealkylation sites (tertiary alicyclic amines) is 1. The van der Waals surface area contributed by atoms with Gasteiger partial charge in [-0.15, -0.1) is 0 Å². The molecule has 3 aromatic rings. The predicted molar refractivity (Wildman–Crippen MR) is 103 cm³/mol. The molecule has 1 aliphatic heterocycles. The Bertz CT molecular complexity index is 887. The molecule has 2 aromatic carbocycles. The van der Waals surface area contributed by atoms with Gasteiger partial charge in [0.15, 0.2) is 0 Å². The molecule has 0 spiro atoms. The van der Waals surface area contributed by atoms with E-state index in [1.54, 1.807) is 28.4 Å². The lowest BCUT2D eigenvalue weighted by Gasteiger charge is -2.31. The van der Waals surface area contributed by atoms with Crippen molar-refractivity contribution in [1.82, 2.24) is 15.2 Å². The Hall–Kier alpha value is -2.67. The number of hydrogen-bond acceptors (Lipinski definition) is 4. The van der Waals surface area contributed by atoms with Gasteiger partial charge in [0, 0.05) is 32.5 Å². The molecule has 1 aromatic heterocycles. The summed E-state index contributed by atoms with van der Waals surface area (Å²) < 4.78 is 20.1. The lowest BCUT2D eigenvalue weighted by Crippen LogP contribution is -2.46. The number of nitrogens with zero attached hydrogens (tertiary/aromatic N) is 2. The minimum Gasteiger partial charge on any atom is -0.467 e. The topological polar surface area (TPSA) is 54.5 Å². The second kappa shape index (κ2) is 7.92. The fraction of sp³-hybridized carbons (Fsp3) is 0.300. The van der Waals surface area contributed by atoms with Crippen molar-refractivity contribution in [3.63, 3.8) is 0 Å². The number of aromatic nitrogens is 1.